The number of aromatic hydroxyl groups is 1. The molecule has 0 heterocycles. The van der Waals surface area contributed by atoms with Crippen LogP contribution in [0.3, 0.4) is 0 Å². The van der Waals surface area contributed by atoms with Crippen molar-refractivity contribution in [2.45, 2.75) is 0 Å². The number of nitrogens with zero attached hydrogens (tertiary/aromatic N) is 2. The van der Waals surface area contributed by atoms with E-state index in [9.17, 15) is 15.2 Å². The first-order valence-corrected chi connectivity index (χ1v) is 7.00. The molecule has 5 nitrogen and oxygen atoms in total. The van der Waals surface area contributed by atoms with E-state index < -0.39 is 5.91 Å². The quantitative estimate of drug-likeness (QED) is 0.517. The molecule has 0 aromatic heterocycles. The third kappa shape index (κ3) is 4.11. The third-order valence-electron chi connectivity index (χ3n) is 3.24. The molecule has 5 heteroatoms. The number of anilines is 2. The number of phenols is 1. The number of hydrogen-bond acceptors (Lipinski definition) is 4. The van der Waals surface area contributed by atoms with Gasteiger partial charge in [-0.05, 0) is 35.9 Å². The minimum Gasteiger partial charge on any atom is -0.506 e. The molecule has 0 radical (unpaired) electrons. The van der Waals surface area contributed by atoms with Gasteiger partial charge >= 0.3 is 0 Å². The molecule has 0 aliphatic carbocycles. The number of nitriles is 1. The molecule has 0 aliphatic heterocycles. The number of hydrogen-bond donors (Lipinski definition) is 2. The summed E-state index contributed by atoms with van der Waals surface area (Å²) in [6.07, 6.45) is 1.51. The van der Waals surface area contributed by atoms with Crippen LogP contribution < -0.4 is 10.2 Å². The molecule has 0 unspecified atom stereocenters. The molecule has 23 heavy (non-hydrogen) atoms. The fraction of sp³-hybridized carbons (Fsp3) is 0.111. The molecule has 0 bridgehead atoms. The van der Waals surface area contributed by atoms with Crippen LogP contribution in [0.1, 0.15) is 5.56 Å². The summed E-state index contributed by atoms with van der Waals surface area (Å²) < 4.78 is 0. The van der Waals surface area contributed by atoms with Crippen LogP contribution in [0.15, 0.2) is 54.1 Å². The average Bonchev–Trinajstić information content (AvgIpc) is 2.55. The van der Waals surface area contributed by atoms with Gasteiger partial charge < -0.3 is 15.3 Å². The monoisotopic (exact) mass is 307 g/mol. The lowest BCUT2D eigenvalue weighted by Crippen LogP contribution is -2.13. The van der Waals surface area contributed by atoms with Crippen molar-refractivity contribution < 1.29 is 9.90 Å². The summed E-state index contributed by atoms with van der Waals surface area (Å²) in [5.74, 6) is -0.612. The number of carbonyl (C=O) groups excluding carboxylic acids is 1. The number of amides is 1. The smallest absolute Gasteiger partial charge is 0.266 e. The second-order valence-electron chi connectivity index (χ2n) is 5.13. The van der Waals surface area contributed by atoms with Crippen molar-refractivity contribution in [2.75, 3.05) is 24.3 Å². The maximum absolute atomic E-state index is 12.2. The predicted molar refractivity (Wildman–Crippen MR) is 91.1 cm³/mol. The van der Waals surface area contributed by atoms with Crippen molar-refractivity contribution in [3.63, 3.8) is 0 Å². The lowest BCUT2D eigenvalue weighted by molar-refractivity contribution is -0.112. The van der Waals surface area contributed by atoms with Crippen LogP contribution in [0, 0.1) is 11.3 Å². The zero-order valence-corrected chi connectivity index (χ0v) is 12.9. The highest BCUT2D eigenvalue weighted by atomic mass is 16.3. The Labute approximate surface area is 135 Å². The van der Waals surface area contributed by atoms with E-state index in [0.29, 0.717) is 0 Å². The first-order valence-electron chi connectivity index (χ1n) is 7.00. The first-order chi connectivity index (χ1) is 11.0. The minimum atomic E-state index is -0.564. The summed E-state index contributed by atoms with van der Waals surface area (Å²) in [6, 6.07) is 15.7. The number of nitrogens with one attached hydrogen (secondary N) is 1. The minimum absolute atomic E-state index is 0.0362. The fourth-order valence-electron chi connectivity index (χ4n) is 1.95. The van der Waals surface area contributed by atoms with Crippen LogP contribution in [0.2, 0.25) is 0 Å². The topological polar surface area (TPSA) is 76.4 Å². The van der Waals surface area contributed by atoms with Crippen molar-refractivity contribution in [1.82, 2.24) is 0 Å². The Bertz CT molecular complexity index is 772. The van der Waals surface area contributed by atoms with E-state index in [-0.39, 0.29) is 17.0 Å². The van der Waals surface area contributed by atoms with E-state index in [4.69, 9.17) is 0 Å². The molecular formula is C18H17N3O2. The van der Waals surface area contributed by atoms with E-state index in [0.717, 1.165) is 11.3 Å². The zero-order valence-electron chi connectivity index (χ0n) is 12.9. The molecule has 0 atom stereocenters. The lowest BCUT2D eigenvalue weighted by Gasteiger charge is -2.12. The van der Waals surface area contributed by atoms with Gasteiger partial charge in [0.1, 0.15) is 17.4 Å². The number of para-hydroxylation sites is 2. The highest BCUT2D eigenvalue weighted by Crippen LogP contribution is 2.22. The largest absolute Gasteiger partial charge is 0.506 e. The summed E-state index contributed by atoms with van der Waals surface area (Å²) >= 11 is 0. The van der Waals surface area contributed by atoms with Gasteiger partial charge in [-0.25, -0.2) is 0 Å². The van der Waals surface area contributed by atoms with Gasteiger partial charge in [0.25, 0.3) is 5.91 Å². The van der Waals surface area contributed by atoms with Gasteiger partial charge in [0.15, 0.2) is 0 Å². The summed E-state index contributed by atoms with van der Waals surface area (Å²) in [5.41, 5.74) is 2.01. The van der Waals surface area contributed by atoms with E-state index >= 15 is 0 Å². The van der Waals surface area contributed by atoms with Gasteiger partial charge in [-0.2, -0.15) is 5.26 Å². The maximum atomic E-state index is 12.2. The van der Waals surface area contributed by atoms with Gasteiger partial charge in [-0.15, -0.1) is 0 Å². The van der Waals surface area contributed by atoms with Gasteiger partial charge in [-0.3, -0.25) is 4.79 Å². The van der Waals surface area contributed by atoms with Gasteiger partial charge in [0.2, 0.25) is 0 Å². The summed E-state index contributed by atoms with van der Waals surface area (Å²) in [7, 11) is 3.87. The predicted octanol–water partition coefficient (Wildman–Crippen LogP) is 3.00. The molecule has 116 valence electrons. The molecule has 0 spiro atoms. The molecule has 0 saturated carbocycles. The van der Waals surface area contributed by atoms with Crippen molar-refractivity contribution in [2.24, 2.45) is 0 Å². The molecule has 0 fully saturated rings. The Balaban J connectivity index is 2.20. The van der Waals surface area contributed by atoms with Crippen LogP contribution in [-0.2, 0) is 4.79 Å². The zero-order chi connectivity index (χ0) is 16.8. The Kier molecular flexibility index (Phi) is 5.00. The van der Waals surface area contributed by atoms with E-state index in [1.807, 2.05) is 49.3 Å². The van der Waals surface area contributed by atoms with Crippen LogP contribution in [0.25, 0.3) is 6.08 Å². The highest BCUT2D eigenvalue weighted by molar-refractivity contribution is 6.10. The molecule has 0 aliphatic rings. The Morgan fingerprint density at radius 1 is 1.17 bits per heavy atom. The average molecular weight is 307 g/mol. The third-order valence-corrected chi connectivity index (χ3v) is 3.24. The van der Waals surface area contributed by atoms with Crippen LogP contribution in [0.4, 0.5) is 11.4 Å². The Hall–Kier alpha value is -3.26. The molecule has 2 N–H and O–H groups in total. The fourth-order valence-corrected chi connectivity index (χ4v) is 1.95. The van der Waals surface area contributed by atoms with Crippen molar-refractivity contribution >= 4 is 23.4 Å². The summed E-state index contributed by atoms with van der Waals surface area (Å²) in [6.45, 7) is 0. The van der Waals surface area contributed by atoms with Gasteiger partial charge in [0.05, 0.1) is 5.69 Å². The first kappa shape index (κ1) is 16.1. The summed E-state index contributed by atoms with van der Waals surface area (Å²) in [4.78, 5) is 14.1. The molecule has 2 rings (SSSR count). The van der Waals surface area contributed by atoms with Crippen molar-refractivity contribution in [3.05, 3.63) is 59.7 Å². The molecular weight excluding hydrogens is 290 g/mol. The van der Waals surface area contributed by atoms with E-state index in [1.54, 1.807) is 18.2 Å². The van der Waals surface area contributed by atoms with Crippen LogP contribution >= 0.6 is 0 Å². The maximum Gasteiger partial charge on any atom is 0.266 e. The Morgan fingerprint density at radius 3 is 2.39 bits per heavy atom. The normalized spacial score (nSPS) is 10.7. The van der Waals surface area contributed by atoms with Gasteiger partial charge in [-0.1, -0.05) is 24.3 Å². The number of carbonyl (C=O) groups is 1. The standard InChI is InChI=1S/C18H17N3O2/c1-21(2)15-9-7-13(8-10-15)11-14(12-19)18(23)20-16-5-3-4-6-17(16)22/h3-11,22H,1-2H3,(H,20,23). The molecule has 0 saturated heterocycles. The molecule has 2 aromatic rings. The van der Waals surface area contributed by atoms with Crippen LogP contribution in [0.5, 0.6) is 5.75 Å². The molecule has 1 amide bonds. The molecule has 2 aromatic carbocycles. The van der Waals surface area contributed by atoms with Crippen LogP contribution in [-0.4, -0.2) is 25.1 Å². The van der Waals surface area contributed by atoms with E-state index in [2.05, 4.69) is 5.32 Å². The van der Waals surface area contributed by atoms with E-state index in [1.165, 1.54) is 12.1 Å². The number of benzene rings is 2. The highest BCUT2D eigenvalue weighted by Gasteiger charge is 2.11. The number of rotatable bonds is 4. The number of phenolic OH excluding ortho intramolecular Hbond substituents is 1. The summed E-state index contributed by atoms with van der Waals surface area (Å²) in [5, 5.41) is 21.4. The lowest BCUT2D eigenvalue weighted by atomic mass is 10.1. The van der Waals surface area contributed by atoms with Gasteiger partial charge in [0, 0.05) is 19.8 Å². The second-order valence-corrected chi connectivity index (χ2v) is 5.13. The van der Waals surface area contributed by atoms with Crippen molar-refractivity contribution in [3.8, 4) is 11.8 Å². The SMILES string of the molecule is CN(C)c1ccc(C=C(C#N)C(=O)Nc2ccccc2O)cc1. The second kappa shape index (κ2) is 7.14. The van der Waals surface area contributed by atoms with Crippen molar-refractivity contribution in [1.29, 1.82) is 5.26 Å². The Morgan fingerprint density at radius 2 is 1.83 bits per heavy atom.